The lowest BCUT2D eigenvalue weighted by atomic mass is 10.2. The van der Waals surface area contributed by atoms with Crippen molar-refractivity contribution < 1.29 is 13.2 Å². The van der Waals surface area contributed by atoms with Crippen LogP contribution in [0.25, 0.3) is 0 Å². The monoisotopic (exact) mass is 338 g/mol. The summed E-state index contributed by atoms with van der Waals surface area (Å²) in [6.45, 7) is 1.36. The molecule has 2 aromatic rings. The lowest BCUT2D eigenvalue weighted by molar-refractivity contribution is -0.141. The van der Waals surface area contributed by atoms with E-state index in [1.54, 1.807) is 18.1 Å². The van der Waals surface area contributed by atoms with Gasteiger partial charge in [-0.1, -0.05) is 0 Å². The van der Waals surface area contributed by atoms with Gasteiger partial charge in [-0.05, 0) is 31.0 Å². The smallest absolute Gasteiger partial charge is 0.350 e. The third-order valence-electron chi connectivity index (χ3n) is 3.99. The van der Waals surface area contributed by atoms with Crippen molar-refractivity contribution in [3.63, 3.8) is 0 Å². The first-order valence-corrected chi connectivity index (χ1v) is 7.61. The molecule has 6 nitrogen and oxygen atoms in total. The molecule has 0 spiro atoms. The van der Waals surface area contributed by atoms with Crippen molar-refractivity contribution in [2.75, 3.05) is 29.9 Å². The van der Waals surface area contributed by atoms with Gasteiger partial charge >= 0.3 is 6.18 Å². The van der Waals surface area contributed by atoms with E-state index in [1.165, 1.54) is 0 Å². The zero-order chi connectivity index (χ0) is 17.2. The molecule has 0 aliphatic carbocycles. The number of alkyl halides is 3. The summed E-state index contributed by atoms with van der Waals surface area (Å²) in [4.78, 5) is 11.4. The summed E-state index contributed by atoms with van der Waals surface area (Å²) in [7, 11) is 1.70. The number of halogens is 3. The Morgan fingerprint density at radius 3 is 2.83 bits per heavy atom. The molecule has 0 aromatic carbocycles. The van der Waals surface area contributed by atoms with E-state index in [2.05, 4.69) is 25.1 Å². The van der Waals surface area contributed by atoms with Crippen LogP contribution in [-0.2, 0) is 6.18 Å². The molecule has 0 unspecified atom stereocenters. The molecule has 128 valence electrons. The Hall–Kier alpha value is -2.45. The molecule has 0 radical (unpaired) electrons. The summed E-state index contributed by atoms with van der Waals surface area (Å²) < 4.78 is 38.4. The minimum Gasteiger partial charge on any atom is -0.350 e. The normalized spacial score (nSPS) is 18.0. The van der Waals surface area contributed by atoms with Gasteiger partial charge in [0.25, 0.3) is 0 Å². The number of nitrogens with zero attached hydrogens (tertiary/aromatic N) is 6. The Labute approximate surface area is 137 Å². The molecular weight excluding hydrogens is 321 g/mol. The summed E-state index contributed by atoms with van der Waals surface area (Å²) in [6, 6.07) is 4.70. The quantitative estimate of drug-likeness (QED) is 0.853. The van der Waals surface area contributed by atoms with Crippen LogP contribution in [0, 0.1) is 0 Å². The second-order valence-electron chi connectivity index (χ2n) is 5.69. The topological polar surface area (TPSA) is 58.0 Å². The van der Waals surface area contributed by atoms with Crippen molar-refractivity contribution in [3.05, 3.63) is 36.3 Å². The summed E-state index contributed by atoms with van der Waals surface area (Å²) in [5, 5.41) is 8.00. The van der Waals surface area contributed by atoms with Crippen LogP contribution < -0.4 is 9.80 Å². The highest BCUT2D eigenvalue weighted by Crippen LogP contribution is 2.28. The van der Waals surface area contributed by atoms with Crippen molar-refractivity contribution in [1.29, 1.82) is 0 Å². The first-order chi connectivity index (χ1) is 11.4. The lowest BCUT2D eigenvalue weighted by Gasteiger charge is -2.29. The molecule has 1 aliphatic rings. The van der Waals surface area contributed by atoms with Gasteiger partial charge in [-0.3, -0.25) is 0 Å². The predicted octanol–water partition coefficient (Wildman–Crippen LogP) is 2.39. The molecule has 0 amide bonds. The van der Waals surface area contributed by atoms with Crippen LogP contribution in [0.5, 0.6) is 0 Å². The van der Waals surface area contributed by atoms with Crippen LogP contribution >= 0.6 is 0 Å². The van der Waals surface area contributed by atoms with Crippen LogP contribution in [0.15, 0.2) is 30.6 Å². The van der Waals surface area contributed by atoms with E-state index >= 15 is 0 Å². The van der Waals surface area contributed by atoms with Crippen molar-refractivity contribution in [2.24, 2.45) is 0 Å². The van der Waals surface area contributed by atoms with Crippen LogP contribution in [0.1, 0.15) is 18.5 Å². The Morgan fingerprint density at radius 1 is 1.29 bits per heavy atom. The summed E-state index contributed by atoms with van der Waals surface area (Å²) in [5.41, 5.74) is -0.934. The van der Waals surface area contributed by atoms with E-state index < -0.39 is 11.9 Å². The van der Waals surface area contributed by atoms with Gasteiger partial charge in [0.1, 0.15) is 5.69 Å². The van der Waals surface area contributed by atoms with Gasteiger partial charge in [0, 0.05) is 38.6 Å². The van der Waals surface area contributed by atoms with E-state index in [1.807, 2.05) is 12.1 Å². The van der Waals surface area contributed by atoms with Crippen LogP contribution in [0.4, 0.5) is 24.9 Å². The van der Waals surface area contributed by atoms with Crippen molar-refractivity contribution in [3.8, 4) is 0 Å². The summed E-state index contributed by atoms with van der Waals surface area (Å²) >= 11 is 0. The standard InChI is InChI=1S/C15H17F3N6/c1-23(14-19-8-6-12(21-14)15(16,17)18)10-11-4-3-9-24(11)13-5-2-7-20-22-13/h2,5-8,11H,3-4,9-10H2,1H3/t11-/m1/s1. The molecule has 0 N–H and O–H groups in total. The zero-order valence-corrected chi connectivity index (χ0v) is 13.1. The minimum atomic E-state index is -4.47. The molecule has 24 heavy (non-hydrogen) atoms. The largest absolute Gasteiger partial charge is 0.433 e. The van der Waals surface area contributed by atoms with Crippen molar-refractivity contribution in [1.82, 2.24) is 20.2 Å². The van der Waals surface area contributed by atoms with Gasteiger partial charge in [-0.15, -0.1) is 5.10 Å². The maximum absolute atomic E-state index is 12.8. The Morgan fingerprint density at radius 2 is 2.12 bits per heavy atom. The van der Waals surface area contributed by atoms with E-state index in [4.69, 9.17) is 0 Å². The summed E-state index contributed by atoms with van der Waals surface area (Å²) in [5.74, 6) is 0.842. The molecule has 1 aliphatic heterocycles. The highest BCUT2D eigenvalue weighted by molar-refractivity contribution is 5.41. The van der Waals surface area contributed by atoms with Gasteiger partial charge in [0.05, 0.1) is 0 Å². The van der Waals surface area contributed by atoms with Gasteiger partial charge in [-0.25, -0.2) is 9.97 Å². The second-order valence-corrected chi connectivity index (χ2v) is 5.69. The second kappa shape index (κ2) is 6.58. The van der Waals surface area contributed by atoms with Crippen molar-refractivity contribution in [2.45, 2.75) is 25.1 Å². The average molecular weight is 338 g/mol. The fourth-order valence-corrected chi connectivity index (χ4v) is 2.86. The van der Waals surface area contributed by atoms with Crippen LogP contribution in [-0.4, -0.2) is 46.3 Å². The number of anilines is 2. The first kappa shape index (κ1) is 16.4. The average Bonchev–Trinajstić information content (AvgIpc) is 3.03. The van der Waals surface area contributed by atoms with E-state index in [-0.39, 0.29) is 12.0 Å². The Bertz CT molecular complexity index is 678. The minimum absolute atomic E-state index is 0.0656. The SMILES string of the molecule is CN(C[C@H]1CCCN1c1cccnn1)c1nccc(C(F)(F)F)n1. The highest BCUT2D eigenvalue weighted by Gasteiger charge is 2.33. The molecule has 1 saturated heterocycles. The number of aromatic nitrogens is 4. The zero-order valence-electron chi connectivity index (χ0n) is 13.1. The number of hydrogen-bond acceptors (Lipinski definition) is 6. The summed E-state index contributed by atoms with van der Waals surface area (Å²) in [6.07, 6.45) is 0.198. The third kappa shape index (κ3) is 3.55. The maximum Gasteiger partial charge on any atom is 0.433 e. The molecule has 3 heterocycles. The van der Waals surface area contributed by atoms with Gasteiger partial charge in [-0.2, -0.15) is 18.3 Å². The number of likely N-dealkylation sites (N-methyl/N-ethyl adjacent to an activating group) is 1. The molecule has 3 rings (SSSR count). The molecule has 0 bridgehead atoms. The first-order valence-electron chi connectivity index (χ1n) is 7.61. The van der Waals surface area contributed by atoms with E-state index in [0.29, 0.717) is 6.54 Å². The Kier molecular flexibility index (Phi) is 4.50. The molecule has 9 heteroatoms. The van der Waals surface area contributed by atoms with Gasteiger partial charge < -0.3 is 9.80 Å². The Balaban J connectivity index is 1.73. The van der Waals surface area contributed by atoms with Crippen molar-refractivity contribution >= 4 is 11.8 Å². The predicted molar refractivity (Wildman–Crippen MR) is 82.7 cm³/mol. The fraction of sp³-hybridized carbons (Fsp3) is 0.467. The molecule has 2 aromatic heterocycles. The van der Waals surface area contributed by atoms with E-state index in [0.717, 1.165) is 37.5 Å². The highest BCUT2D eigenvalue weighted by atomic mass is 19.4. The van der Waals surface area contributed by atoms with Gasteiger partial charge in [0.15, 0.2) is 5.82 Å². The molecular formula is C15H17F3N6. The fourth-order valence-electron chi connectivity index (χ4n) is 2.86. The maximum atomic E-state index is 12.8. The molecule has 0 saturated carbocycles. The van der Waals surface area contributed by atoms with E-state index in [9.17, 15) is 13.2 Å². The molecule has 1 fully saturated rings. The van der Waals surface area contributed by atoms with Crippen LogP contribution in [0.3, 0.4) is 0 Å². The third-order valence-corrected chi connectivity index (χ3v) is 3.99. The lowest BCUT2D eigenvalue weighted by Crippen LogP contribution is -2.40. The number of hydrogen-bond donors (Lipinski definition) is 0. The van der Waals surface area contributed by atoms with Gasteiger partial charge in [0.2, 0.25) is 5.95 Å². The molecule has 1 atom stereocenters. The van der Waals surface area contributed by atoms with Crippen LogP contribution in [0.2, 0.25) is 0 Å². The number of rotatable bonds is 4.